The molecule has 1 aromatic carbocycles. The molecule has 1 heterocycles. The zero-order chi connectivity index (χ0) is 15.6. The van der Waals surface area contributed by atoms with Gasteiger partial charge in [0.15, 0.2) is 6.29 Å². The van der Waals surface area contributed by atoms with Crippen LogP contribution < -0.4 is 0 Å². The van der Waals surface area contributed by atoms with Crippen LogP contribution in [-0.4, -0.2) is 25.8 Å². The predicted molar refractivity (Wildman–Crippen MR) is 94.5 cm³/mol. The number of hydrogen-bond donors (Lipinski definition) is 0. The average Bonchev–Trinajstić information content (AvgIpc) is 3.02. The second kappa shape index (κ2) is 7.16. The molecule has 3 aliphatic rings. The maximum atomic E-state index is 6.01. The quantitative estimate of drug-likeness (QED) is 0.735. The second-order valence-corrected chi connectivity index (χ2v) is 8.59. The summed E-state index contributed by atoms with van der Waals surface area (Å²) in [5, 5.41) is 0. The molecule has 1 saturated heterocycles. The fourth-order valence-electron chi connectivity index (χ4n) is 5.34. The largest absolute Gasteiger partial charge is 0.356 e. The molecule has 0 unspecified atom stereocenters. The van der Waals surface area contributed by atoms with Crippen molar-refractivity contribution >= 4 is 11.8 Å². The summed E-state index contributed by atoms with van der Waals surface area (Å²) in [4.78, 5) is 1.41. The van der Waals surface area contributed by atoms with E-state index in [9.17, 15) is 0 Å². The summed E-state index contributed by atoms with van der Waals surface area (Å²) in [5.74, 6) is 5.19. The van der Waals surface area contributed by atoms with E-state index < -0.39 is 0 Å². The minimum atomic E-state index is 0.0482. The van der Waals surface area contributed by atoms with Crippen molar-refractivity contribution in [3.8, 4) is 0 Å². The van der Waals surface area contributed by atoms with Crippen molar-refractivity contribution in [2.45, 2.75) is 43.3 Å². The number of hydrogen-bond acceptors (Lipinski definition) is 3. The Bertz CT molecular complexity index is 506. The third-order valence-electron chi connectivity index (χ3n) is 6.41. The maximum absolute atomic E-state index is 6.01. The van der Waals surface area contributed by atoms with Crippen molar-refractivity contribution in [1.82, 2.24) is 0 Å². The Morgan fingerprint density at radius 3 is 2.74 bits per heavy atom. The van der Waals surface area contributed by atoms with E-state index in [1.165, 1.54) is 42.8 Å². The molecule has 3 fully saturated rings. The van der Waals surface area contributed by atoms with E-state index in [0.717, 1.165) is 24.4 Å². The van der Waals surface area contributed by atoms with E-state index in [-0.39, 0.29) is 6.29 Å². The van der Waals surface area contributed by atoms with Crippen LogP contribution in [0.2, 0.25) is 0 Å². The molecule has 0 bridgehead atoms. The minimum absolute atomic E-state index is 0.0482. The fourth-order valence-corrected chi connectivity index (χ4v) is 6.57. The summed E-state index contributed by atoms with van der Waals surface area (Å²) in [6, 6.07) is 10.9. The molecule has 126 valence electrons. The highest BCUT2D eigenvalue weighted by atomic mass is 32.2. The van der Waals surface area contributed by atoms with Crippen molar-refractivity contribution in [3.63, 3.8) is 0 Å². The molecule has 2 saturated carbocycles. The number of rotatable bonds is 4. The molecule has 1 aromatic rings. The molecule has 0 N–H and O–H groups in total. The van der Waals surface area contributed by atoms with E-state index in [1.54, 1.807) is 0 Å². The monoisotopic (exact) mass is 332 g/mol. The Kier molecular flexibility index (Phi) is 4.98. The van der Waals surface area contributed by atoms with Gasteiger partial charge in [-0.25, -0.2) is 0 Å². The summed E-state index contributed by atoms with van der Waals surface area (Å²) < 4.78 is 11.6. The zero-order valence-electron chi connectivity index (χ0n) is 14.0. The molecule has 1 aliphatic heterocycles. The van der Waals surface area contributed by atoms with Gasteiger partial charge in [0, 0.05) is 23.7 Å². The zero-order valence-corrected chi connectivity index (χ0v) is 14.8. The van der Waals surface area contributed by atoms with Gasteiger partial charge in [-0.05, 0) is 48.6 Å². The molecule has 6 atom stereocenters. The van der Waals surface area contributed by atoms with Crippen LogP contribution in [0.5, 0.6) is 0 Å². The van der Waals surface area contributed by atoms with Gasteiger partial charge in [-0.1, -0.05) is 37.5 Å². The Morgan fingerprint density at radius 2 is 1.91 bits per heavy atom. The topological polar surface area (TPSA) is 18.5 Å². The lowest BCUT2D eigenvalue weighted by molar-refractivity contribution is -0.119. The van der Waals surface area contributed by atoms with Crippen LogP contribution >= 0.6 is 11.8 Å². The van der Waals surface area contributed by atoms with Crippen molar-refractivity contribution < 1.29 is 9.47 Å². The van der Waals surface area contributed by atoms with Crippen LogP contribution in [0.3, 0.4) is 0 Å². The average molecular weight is 333 g/mol. The van der Waals surface area contributed by atoms with E-state index in [0.29, 0.717) is 11.8 Å². The predicted octanol–water partition coefficient (Wildman–Crippen LogP) is 4.84. The van der Waals surface area contributed by atoms with E-state index in [4.69, 9.17) is 9.47 Å². The van der Waals surface area contributed by atoms with Gasteiger partial charge in [0.05, 0.1) is 6.61 Å². The standard InChI is InChI=1S/C20H28O2S/c1-21-20-17-11-14-7-5-6-10-16(14)19(18(17)12-22-20)13-23-15-8-3-2-4-9-15/h2-4,8-9,14,16-20H,5-7,10-13H2,1H3/t14-,16+,17+,18+,19-,20+/m1/s1. The molecule has 2 aliphatic carbocycles. The van der Waals surface area contributed by atoms with Gasteiger partial charge in [-0.15, -0.1) is 11.8 Å². The minimum Gasteiger partial charge on any atom is -0.356 e. The van der Waals surface area contributed by atoms with Crippen molar-refractivity contribution in [3.05, 3.63) is 30.3 Å². The van der Waals surface area contributed by atoms with Crippen LogP contribution in [0.1, 0.15) is 32.1 Å². The van der Waals surface area contributed by atoms with Gasteiger partial charge in [-0.2, -0.15) is 0 Å². The third-order valence-corrected chi connectivity index (χ3v) is 7.57. The van der Waals surface area contributed by atoms with Crippen LogP contribution in [0.25, 0.3) is 0 Å². The Hall–Kier alpha value is -0.510. The highest BCUT2D eigenvalue weighted by molar-refractivity contribution is 7.99. The number of benzene rings is 1. The maximum Gasteiger partial charge on any atom is 0.160 e. The first-order valence-corrected chi connectivity index (χ1v) is 10.2. The summed E-state index contributed by atoms with van der Waals surface area (Å²) in [7, 11) is 1.81. The van der Waals surface area contributed by atoms with Gasteiger partial charge in [0.1, 0.15) is 0 Å². The fraction of sp³-hybridized carbons (Fsp3) is 0.700. The molecule has 23 heavy (non-hydrogen) atoms. The smallest absolute Gasteiger partial charge is 0.160 e. The van der Waals surface area contributed by atoms with Gasteiger partial charge in [-0.3, -0.25) is 0 Å². The first-order chi connectivity index (χ1) is 11.4. The van der Waals surface area contributed by atoms with Gasteiger partial charge in [0.2, 0.25) is 0 Å². The van der Waals surface area contributed by atoms with Gasteiger partial charge < -0.3 is 9.47 Å². The second-order valence-electron chi connectivity index (χ2n) is 7.50. The van der Waals surface area contributed by atoms with Crippen LogP contribution in [0.4, 0.5) is 0 Å². The number of fused-ring (bicyclic) bond motifs is 2. The third kappa shape index (κ3) is 3.20. The van der Waals surface area contributed by atoms with Crippen LogP contribution in [0, 0.1) is 29.6 Å². The molecule has 0 amide bonds. The molecular formula is C20H28O2S. The van der Waals surface area contributed by atoms with Crippen molar-refractivity contribution in [1.29, 1.82) is 0 Å². The van der Waals surface area contributed by atoms with E-state index in [1.807, 2.05) is 18.9 Å². The van der Waals surface area contributed by atoms with Gasteiger partial charge >= 0.3 is 0 Å². The first-order valence-electron chi connectivity index (χ1n) is 9.19. The first kappa shape index (κ1) is 16.0. The molecular weight excluding hydrogens is 304 g/mol. The lowest BCUT2D eigenvalue weighted by atomic mass is 9.59. The number of ether oxygens (including phenoxy) is 2. The van der Waals surface area contributed by atoms with E-state index in [2.05, 4.69) is 30.3 Å². The lowest BCUT2D eigenvalue weighted by Gasteiger charge is -2.47. The van der Waals surface area contributed by atoms with Crippen molar-refractivity contribution in [2.75, 3.05) is 19.5 Å². The Morgan fingerprint density at radius 1 is 1.09 bits per heavy atom. The highest BCUT2D eigenvalue weighted by Gasteiger charge is 2.51. The Labute approximate surface area is 144 Å². The summed E-state index contributed by atoms with van der Waals surface area (Å²) in [6.07, 6.45) is 7.10. The molecule has 3 heteroatoms. The summed E-state index contributed by atoms with van der Waals surface area (Å²) >= 11 is 2.04. The summed E-state index contributed by atoms with van der Waals surface area (Å²) in [6.45, 7) is 0.909. The van der Waals surface area contributed by atoms with E-state index >= 15 is 0 Å². The molecule has 0 aromatic heterocycles. The molecule has 0 radical (unpaired) electrons. The lowest BCUT2D eigenvalue weighted by Crippen LogP contribution is -2.44. The Balaban J connectivity index is 1.51. The number of thioether (sulfide) groups is 1. The SMILES string of the molecule is CO[C@H]1OC[C@@H]2[C@H](CSc3ccccc3)[C@H]3CCCC[C@@H]3C[C@H]12. The molecule has 2 nitrogen and oxygen atoms in total. The molecule has 0 spiro atoms. The van der Waals surface area contributed by atoms with Crippen molar-refractivity contribution in [2.24, 2.45) is 29.6 Å². The normalized spacial score (nSPS) is 39.7. The summed E-state index contributed by atoms with van der Waals surface area (Å²) in [5.41, 5.74) is 0. The molecule has 4 rings (SSSR count). The van der Waals surface area contributed by atoms with Crippen LogP contribution in [0.15, 0.2) is 35.2 Å². The highest BCUT2D eigenvalue weighted by Crippen LogP contribution is 2.53. The number of methoxy groups -OCH3 is 1. The van der Waals surface area contributed by atoms with Gasteiger partial charge in [0.25, 0.3) is 0 Å². The van der Waals surface area contributed by atoms with Crippen LogP contribution in [-0.2, 0) is 9.47 Å².